The maximum Gasteiger partial charge on any atom is 0.108 e. The molecular weight excluding hydrogens is 286 g/mol. The first-order valence-electron chi connectivity index (χ1n) is 7.06. The van der Waals surface area contributed by atoms with Crippen molar-refractivity contribution >= 4 is 11.3 Å². The second-order valence-electron chi connectivity index (χ2n) is 5.45. The van der Waals surface area contributed by atoms with Gasteiger partial charge in [-0.1, -0.05) is 6.07 Å². The number of thiophene rings is 1. The summed E-state index contributed by atoms with van der Waals surface area (Å²) in [7, 11) is 0. The van der Waals surface area contributed by atoms with E-state index in [9.17, 15) is 5.11 Å². The zero-order chi connectivity index (χ0) is 15.5. The molecule has 2 aromatic rings. The van der Waals surface area contributed by atoms with E-state index in [1.54, 1.807) is 11.3 Å². The average Bonchev–Trinajstić information content (AvgIpc) is 3.04. The maximum absolute atomic E-state index is 10.5. The van der Waals surface area contributed by atoms with Gasteiger partial charge in [-0.2, -0.15) is 5.10 Å². The van der Waals surface area contributed by atoms with Crippen molar-refractivity contribution in [1.29, 1.82) is 0 Å². The predicted octanol–water partition coefficient (Wildman–Crippen LogP) is 1.55. The van der Waals surface area contributed by atoms with E-state index in [0.717, 1.165) is 21.8 Å². The SMILES string of the molecule is Cc1nn(CCO)c(C)c1CNCC(C)(O)c1cccs1. The van der Waals surface area contributed by atoms with Gasteiger partial charge in [0.25, 0.3) is 0 Å². The Hall–Kier alpha value is -1.21. The van der Waals surface area contributed by atoms with Crippen LogP contribution in [0, 0.1) is 13.8 Å². The van der Waals surface area contributed by atoms with Gasteiger partial charge in [-0.15, -0.1) is 11.3 Å². The van der Waals surface area contributed by atoms with Crippen LogP contribution in [-0.4, -0.2) is 33.1 Å². The summed E-state index contributed by atoms with van der Waals surface area (Å²) < 4.78 is 1.82. The zero-order valence-corrected chi connectivity index (χ0v) is 13.6. The van der Waals surface area contributed by atoms with Crippen LogP contribution in [-0.2, 0) is 18.7 Å². The van der Waals surface area contributed by atoms with Gasteiger partial charge in [0.15, 0.2) is 0 Å². The van der Waals surface area contributed by atoms with Gasteiger partial charge < -0.3 is 15.5 Å². The number of nitrogens with one attached hydrogen (secondary N) is 1. The quantitative estimate of drug-likeness (QED) is 0.726. The van der Waals surface area contributed by atoms with Crippen molar-refractivity contribution in [2.75, 3.05) is 13.2 Å². The molecule has 0 radical (unpaired) electrons. The molecule has 0 aromatic carbocycles. The normalized spacial score (nSPS) is 14.3. The molecule has 0 spiro atoms. The number of hydrogen-bond acceptors (Lipinski definition) is 5. The van der Waals surface area contributed by atoms with E-state index >= 15 is 0 Å². The molecule has 1 unspecified atom stereocenters. The van der Waals surface area contributed by atoms with Crippen LogP contribution >= 0.6 is 11.3 Å². The van der Waals surface area contributed by atoms with E-state index in [-0.39, 0.29) is 6.61 Å². The molecule has 0 bridgehead atoms. The molecule has 0 aliphatic carbocycles. The lowest BCUT2D eigenvalue weighted by molar-refractivity contribution is 0.0604. The van der Waals surface area contributed by atoms with Crippen molar-refractivity contribution in [1.82, 2.24) is 15.1 Å². The Kier molecular flexibility index (Phi) is 5.16. The summed E-state index contributed by atoms with van der Waals surface area (Å²) in [4.78, 5) is 0.958. The molecule has 2 rings (SSSR count). The summed E-state index contributed by atoms with van der Waals surface area (Å²) in [6.07, 6.45) is 0. The molecule has 2 heterocycles. The fourth-order valence-corrected chi connectivity index (χ4v) is 3.19. The number of aryl methyl sites for hydroxylation is 1. The number of aliphatic hydroxyl groups excluding tert-OH is 1. The van der Waals surface area contributed by atoms with Crippen LogP contribution in [0.2, 0.25) is 0 Å². The van der Waals surface area contributed by atoms with Crippen LogP contribution in [0.5, 0.6) is 0 Å². The van der Waals surface area contributed by atoms with Crippen molar-refractivity contribution in [3.63, 3.8) is 0 Å². The number of nitrogens with zero attached hydrogens (tertiary/aromatic N) is 2. The average molecular weight is 309 g/mol. The molecule has 0 saturated heterocycles. The maximum atomic E-state index is 10.5. The van der Waals surface area contributed by atoms with Crippen LogP contribution in [0.25, 0.3) is 0 Å². The summed E-state index contributed by atoms with van der Waals surface area (Å²) in [6, 6.07) is 3.89. The summed E-state index contributed by atoms with van der Waals surface area (Å²) in [6.45, 7) is 7.53. The van der Waals surface area contributed by atoms with Gasteiger partial charge in [-0.3, -0.25) is 4.68 Å². The highest BCUT2D eigenvalue weighted by molar-refractivity contribution is 7.10. The van der Waals surface area contributed by atoms with E-state index in [1.165, 1.54) is 0 Å². The van der Waals surface area contributed by atoms with E-state index in [0.29, 0.717) is 19.6 Å². The zero-order valence-electron chi connectivity index (χ0n) is 12.8. The fourth-order valence-electron chi connectivity index (χ4n) is 2.41. The molecule has 3 N–H and O–H groups in total. The third-order valence-corrected chi connectivity index (χ3v) is 4.79. The summed E-state index contributed by atoms with van der Waals surface area (Å²) in [5.74, 6) is 0. The lowest BCUT2D eigenvalue weighted by Crippen LogP contribution is -2.34. The third-order valence-electron chi connectivity index (χ3n) is 3.67. The number of aliphatic hydroxyl groups is 2. The topological polar surface area (TPSA) is 70.3 Å². The molecule has 1 atom stereocenters. The van der Waals surface area contributed by atoms with Crippen molar-refractivity contribution in [2.45, 2.75) is 39.5 Å². The lowest BCUT2D eigenvalue weighted by atomic mass is 10.1. The highest BCUT2D eigenvalue weighted by Gasteiger charge is 2.24. The summed E-state index contributed by atoms with van der Waals surface area (Å²) >= 11 is 1.56. The molecule has 0 saturated carbocycles. The van der Waals surface area contributed by atoms with Crippen molar-refractivity contribution in [3.05, 3.63) is 39.3 Å². The monoisotopic (exact) mass is 309 g/mol. The molecule has 0 amide bonds. The van der Waals surface area contributed by atoms with Crippen molar-refractivity contribution < 1.29 is 10.2 Å². The highest BCUT2D eigenvalue weighted by atomic mass is 32.1. The minimum absolute atomic E-state index is 0.0852. The Morgan fingerprint density at radius 2 is 2.19 bits per heavy atom. The molecule has 0 fully saturated rings. The Bertz CT molecular complexity index is 576. The third kappa shape index (κ3) is 3.71. The molecule has 5 nitrogen and oxygen atoms in total. The standard InChI is InChI=1S/C15H23N3O2S/c1-11-13(12(2)18(17-11)6-7-19)9-16-10-15(3,20)14-5-4-8-21-14/h4-5,8,16,19-20H,6-7,9-10H2,1-3H3. The second-order valence-corrected chi connectivity index (χ2v) is 6.40. The fraction of sp³-hybridized carbons (Fsp3) is 0.533. The van der Waals surface area contributed by atoms with Crippen LogP contribution in [0.4, 0.5) is 0 Å². The van der Waals surface area contributed by atoms with E-state index < -0.39 is 5.60 Å². The summed E-state index contributed by atoms with van der Waals surface area (Å²) in [5, 5.41) is 29.2. The molecular formula is C15H23N3O2S. The van der Waals surface area contributed by atoms with Crippen LogP contribution < -0.4 is 5.32 Å². The Labute approximate surface area is 129 Å². The van der Waals surface area contributed by atoms with Gasteiger partial charge in [0.2, 0.25) is 0 Å². The predicted molar refractivity (Wildman–Crippen MR) is 84.4 cm³/mol. The molecule has 21 heavy (non-hydrogen) atoms. The van der Waals surface area contributed by atoms with Crippen LogP contribution in [0.15, 0.2) is 17.5 Å². The smallest absolute Gasteiger partial charge is 0.108 e. The van der Waals surface area contributed by atoms with E-state index in [4.69, 9.17) is 5.11 Å². The van der Waals surface area contributed by atoms with Gasteiger partial charge in [0, 0.05) is 29.2 Å². The van der Waals surface area contributed by atoms with Crippen LogP contribution in [0.1, 0.15) is 28.8 Å². The van der Waals surface area contributed by atoms with Crippen molar-refractivity contribution in [2.24, 2.45) is 0 Å². The van der Waals surface area contributed by atoms with Crippen LogP contribution in [0.3, 0.4) is 0 Å². The first-order chi connectivity index (χ1) is 9.95. The molecule has 116 valence electrons. The Morgan fingerprint density at radius 3 is 2.81 bits per heavy atom. The Morgan fingerprint density at radius 1 is 1.43 bits per heavy atom. The molecule has 6 heteroatoms. The minimum atomic E-state index is -0.864. The first kappa shape index (κ1) is 16.2. The van der Waals surface area contributed by atoms with E-state index in [1.807, 2.05) is 43.0 Å². The largest absolute Gasteiger partial charge is 0.394 e. The number of aromatic nitrogens is 2. The van der Waals surface area contributed by atoms with E-state index in [2.05, 4.69) is 10.4 Å². The highest BCUT2D eigenvalue weighted by Crippen LogP contribution is 2.24. The first-order valence-corrected chi connectivity index (χ1v) is 7.94. The van der Waals surface area contributed by atoms with Gasteiger partial charge in [-0.05, 0) is 32.2 Å². The molecule has 0 aliphatic heterocycles. The lowest BCUT2D eigenvalue weighted by Gasteiger charge is -2.22. The Balaban J connectivity index is 1.98. The number of hydrogen-bond donors (Lipinski definition) is 3. The number of rotatable bonds is 7. The molecule has 0 aliphatic rings. The van der Waals surface area contributed by atoms with Gasteiger partial charge in [0.1, 0.15) is 5.60 Å². The molecule has 2 aromatic heterocycles. The second kappa shape index (κ2) is 6.70. The van der Waals surface area contributed by atoms with Gasteiger partial charge >= 0.3 is 0 Å². The van der Waals surface area contributed by atoms with Crippen molar-refractivity contribution in [3.8, 4) is 0 Å². The minimum Gasteiger partial charge on any atom is -0.394 e. The van der Waals surface area contributed by atoms with Gasteiger partial charge in [-0.25, -0.2) is 0 Å². The van der Waals surface area contributed by atoms with Gasteiger partial charge in [0.05, 0.1) is 18.8 Å². The summed E-state index contributed by atoms with van der Waals surface area (Å²) in [5.41, 5.74) is 2.29.